The fourth-order valence-electron chi connectivity index (χ4n) is 0.391. The van der Waals surface area contributed by atoms with E-state index >= 15 is 0 Å². The summed E-state index contributed by atoms with van der Waals surface area (Å²) in [7, 11) is 0. The zero-order valence-electron chi connectivity index (χ0n) is 5.56. The van der Waals surface area contributed by atoms with Gasteiger partial charge in [0, 0.05) is 25.3 Å². The van der Waals surface area contributed by atoms with E-state index in [4.69, 9.17) is 5.73 Å². The van der Waals surface area contributed by atoms with E-state index in [0.717, 1.165) is 12.2 Å². The minimum Gasteiger partial charge on any atom is -0.329 e. The minimum absolute atomic E-state index is 0.643. The van der Waals surface area contributed by atoms with E-state index in [1.807, 2.05) is 0 Å². The van der Waals surface area contributed by atoms with Crippen molar-refractivity contribution in [3.05, 3.63) is 12.3 Å². The lowest BCUT2D eigenvalue weighted by atomic mass is 10.5. The normalized spacial score (nSPS) is 9.00. The molecule has 0 rings (SSSR count). The average Bonchev–Trinajstić information content (AvgIpc) is 1.89. The van der Waals surface area contributed by atoms with Crippen LogP contribution in [0.3, 0.4) is 0 Å². The van der Waals surface area contributed by atoms with E-state index in [9.17, 15) is 0 Å². The Labute approximate surface area is 55.7 Å². The molecule has 3 heteroatoms. The van der Waals surface area contributed by atoms with Crippen molar-refractivity contribution < 1.29 is 0 Å². The topological polar surface area (TPSA) is 50.4 Å². The molecule has 0 saturated carbocycles. The second-order valence-corrected chi connectivity index (χ2v) is 1.69. The Balaban J connectivity index is 3.07. The number of aliphatic imine (C=N–C) groups is 1. The molecule has 52 valence electrons. The summed E-state index contributed by atoms with van der Waals surface area (Å²) in [5.74, 6) is 0. The number of nitrogens with one attached hydrogen (secondary N) is 1. The van der Waals surface area contributed by atoms with Gasteiger partial charge in [-0.25, -0.2) is 0 Å². The summed E-state index contributed by atoms with van der Waals surface area (Å²) in [5, 5.41) is 3.03. The zero-order chi connectivity index (χ0) is 7.11. The summed E-state index contributed by atoms with van der Waals surface area (Å²) >= 11 is 0. The molecule has 3 nitrogen and oxygen atoms in total. The molecule has 0 aliphatic rings. The van der Waals surface area contributed by atoms with E-state index in [-0.39, 0.29) is 0 Å². The Bertz CT molecular complexity index is 98.5. The van der Waals surface area contributed by atoms with Gasteiger partial charge in [-0.05, 0) is 6.72 Å². The van der Waals surface area contributed by atoms with Gasteiger partial charge in [0.15, 0.2) is 0 Å². The van der Waals surface area contributed by atoms with Crippen LogP contribution >= 0.6 is 0 Å². The largest absolute Gasteiger partial charge is 0.329 e. The quantitative estimate of drug-likeness (QED) is 0.395. The van der Waals surface area contributed by atoms with Gasteiger partial charge in [0.05, 0.1) is 0 Å². The molecule has 0 aromatic carbocycles. The molecular weight excluding hydrogens is 114 g/mol. The molecule has 0 aliphatic heterocycles. The second kappa shape index (κ2) is 5.47. The summed E-state index contributed by atoms with van der Waals surface area (Å²) in [4.78, 5) is 3.61. The third-order valence-electron chi connectivity index (χ3n) is 0.874. The molecule has 0 bridgehead atoms. The van der Waals surface area contributed by atoms with Gasteiger partial charge in [-0.15, -0.1) is 0 Å². The minimum atomic E-state index is 0.643. The van der Waals surface area contributed by atoms with Crippen LogP contribution < -0.4 is 11.1 Å². The molecule has 0 unspecified atom stereocenters. The molecule has 3 N–H and O–H groups in total. The van der Waals surface area contributed by atoms with Gasteiger partial charge >= 0.3 is 0 Å². The maximum absolute atomic E-state index is 5.22. The Kier molecular flexibility index (Phi) is 5.06. The maximum Gasteiger partial charge on any atom is 0.0462 e. The Morgan fingerprint density at radius 2 is 2.33 bits per heavy atom. The van der Waals surface area contributed by atoms with Gasteiger partial charge in [0.1, 0.15) is 0 Å². The van der Waals surface area contributed by atoms with Crippen molar-refractivity contribution in [1.29, 1.82) is 0 Å². The highest BCUT2D eigenvalue weighted by Crippen LogP contribution is 1.83. The van der Waals surface area contributed by atoms with Crippen molar-refractivity contribution >= 4 is 6.72 Å². The smallest absolute Gasteiger partial charge is 0.0462 e. The number of hydrogen-bond donors (Lipinski definition) is 2. The molecule has 0 fully saturated rings. The highest BCUT2D eigenvalue weighted by molar-refractivity contribution is 5.28. The predicted molar refractivity (Wildman–Crippen MR) is 40.6 cm³/mol. The van der Waals surface area contributed by atoms with Gasteiger partial charge in [-0.2, -0.15) is 0 Å². The molecule has 0 heterocycles. The summed E-state index contributed by atoms with van der Waals surface area (Å²) in [6.45, 7) is 9.06. The second-order valence-electron chi connectivity index (χ2n) is 1.69. The molecule has 0 amide bonds. The summed E-state index contributed by atoms with van der Waals surface area (Å²) < 4.78 is 0. The van der Waals surface area contributed by atoms with Crippen molar-refractivity contribution in [2.24, 2.45) is 10.7 Å². The van der Waals surface area contributed by atoms with E-state index in [1.54, 1.807) is 0 Å². The Morgan fingerprint density at radius 3 is 2.78 bits per heavy atom. The summed E-state index contributed by atoms with van der Waals surface area (Å²) in [5.41, 5.74) is 5.97. The van der Waals surface area contributed by atoms with Crippen molar-refractivity contribution in [2.75, 3.05) is 19.6 Å². The lowest BCUT2D eigenvalue weighted by Gasteiger charge is -1.99. The first kappa shape index (κ1) is 8.33. The Morgan fingerprint density at radius 1 is 1.67 bits per heavy atom. The van der Waals surface area contributed by atoms with Crippen LogP contribution in [0.4, 0.5) is 0 Å². The third-order valence-corrected chi connectivity index (χ3v) is 0.874. The van der Waals surface area contributed by atoms with E-state index < -0.39 is 0 Å². The number of nitrogens with zero attached hydrogens (tertiary/aromatic N) is 1. The van der Waals surface area contributed by atoms with Crippen LogP contribution in [0.15, 0.2) is 17.3 Å². The molecule has 0 aromatic heterocycles. The van der Waals surface area contributed by atoms with Gasteiger partial charge < -0.3 is 11.1 Å². The highest BCUT2D eigenvalue weighted by Gasteiger charge is 1.85. The first-order chi connectivity index (χ1) is 4.31. The van der Waals surface area contributed by atoms with Crippen molar-refractivity contribution in [3.63, 3.8) is 0 Å². The van der Waals surface area contributed by atoms with Crippen molar-refractivity contribution in [2.45, 2.75) is 0 Å². The SMILES string of the molecule is C=NC(=C)CNCCN. The maximum atomic E-state index is 5.22. The van der Waals surface area contributed by atoms with Crippen molar-refractivity contribution in [1.82, 2.24) is 5.32 Å². The van der Waals surface area contributed by atoms with Gasteiger partial charge in [0.2, 0.25) is 0 Å². The fraction of sp³-hybridized carbons (Fsp3) is 0.500. The van der Waals surface area contributed by atoms with Crippen LogP contribution in [0.2, 0.25) is 0 Å². The summed E-state index contributed by atoms with van der Waals surface area (Å²) in [6.07, 6.45) is 0. The molecule has 0 atom stereocenters. The van der Waals surface area contributed by atoms with Crippen LogP contribution in [0, 0.1) is 0 Å². The third kappa shape index (κ3) is 5.20. The van der Waals surface area contributed by atoms with E-state index in [1.165, 1.54) is 0 Å². The summed E-state index contributed by atoms with van der Waals surface area (Å²) in [6, 6.07) is 0. The zero-order valence-corrected chi connectivity index (χ0v) is 5.56. The van der Waals surface area contributed by atoms with Gasteiger partial charge in [-0.3, -0.25) is 4.99 Å². The van der Waals surface area contributed by atoms with Crippen LogP contribution in [-0.4, -0.2) is 26.4 Å². The lowest BCUT2D eigenvalue weighted by Crippen LogP contribution is -2.23. The fourth-order valence-corrected chi connectivity index (χ4v) is 0.391. The molecule has 0 saturated heterocycles. The Hall–Kier alpha value is -0.670. The van der Waals surface area contributed by atoms with E-state index in [2.05, 4.69) is 23.6 Å². The molecule has 9 heavy (non-hydrogen) atoms. The van der Waals surface area contributed by atoms with Crippen LogP contribution in [-0.2, 0) is 0 Å². The van der Waals surface area contributed by atoms with Gasteiger partial charge in [0.25, 0.3) is 0 Å². The molecule has 0 aromatic rings. The van der Waals surface area contributed by atoms with Crippen LogP contribution in [0.1, 0.15) is 0 Å². The molecule has 0 radical (unpaired) electrons. The number of rotatable bonds is 5. The van der Waals surface area contributed by atoms with Crippen LogP contribution in [0.25, 0.3) is 0 Å². The molecular formula is C6H13N3. The standard InChI is InChI=1S/C6H13N3/c1-6(8-2)5-9-4-3-7/h9H,1-5,7H2. The highest BCUT2D eigenvalue weighted by atomic mass is 14.9. The lowest BCUT2D eigenvalue weighted by molar-refractivity contribution is 0.735. The number of hydrogen-bond acceptors (Lipinski definition) is 3. The van der Waals surface area contributed by atoms with Crippen LogP contribution in [0.5, 0.6) is 0 Å². The average molecular weight is 127 g/mol. The first-order valence-corrected chi connectivity index (χ1v) is 2.86. The monoisotopic (exact) mass is 127 g/mol. The first-order valence-electron chi connectivity index (χ1n) is 2.86. The molecule has 0 spiro atoms. The van der Waals surface area contributed by atoms with E-state index in [0.29, 0.717) is 13.1 Å². The van der Waals surface area contributed by atoms with Crippen molar-refractivity contribution in [3.8, 4) is 0 Å². The van der Waals surface area contributed by atoms with Gasteiger partial charge in [-0.1, -0.05) is 6.58 Å². The molecule has 0 aliphatic carbocycles. The predicted octanol–water partition coefficient (Wildman–Crippen LogP) is -0.251. The number of nitrogens with two attached hydrogens (primary N) is 1.